The summed E-state index contributed by atoms with van der Waals surface area (Å²) in [6.07, 6.45) is -8.13. The van der Waals surface area contributed by atoms with Crippen LogP contribution in [0, 0.1) is 0 Å². The smallest absolute Gasteiger partial charge is 0.335 e. The lowest BCUT2D eigenvalue weighted by Gasteiger charge is -2.15. The van der Waals surface area contributed by atoms with Crippen LogP contribution in [0.5, 0.6) is 0 Å². The minimum absolute atomic E-state index is 0.0764. The van der Waals surface area contributed by atoms with Crippen LogP contribution < -0.4 is 5.32 Å². The average Bonchev–Trinajstić information content (AvgIpc) is 2.33. The molecule has 0 aliphatic carbocycles. The van der Waals surface area contributed by atoms with E-state index in [4.69, 9.17) is 0 Å². The molecule has 0 aromatic heterocycles. The Labute approximate surface area is 115 Å². The lowest BCUT2D eigenvalue weighted by atomic mass is 10.1. The number of rotatable bonds is 1. The Morgan fingerprint density at radius 3 is 1.75 bits per heavy atom. The van der Waals surface area contributed by atoms with Crippen molar-refractivity contribution in [2.24, 2.45) is 4.99 Å². The van der Waals surface area contributed by atoms with Gasteiger partial charge < -0.3 is 5.32 Å². The fraction of sp³-hybridized carbons (Fsp3) is 0.364. The summed E-state index contributed by atoms with van der Waals surface area (Å²) in [5.41, 5.74) is -3.06. The van der Waals surface area contributed by atoms with Gasteiger partial charge in [0, 0.05) is 12.7 Å². The van der Waals surface area contributed by atoms with Crippen molar-refractivity contribution in [2.45, 2.75) is 12.4 Å². The highest BCUT2D eigenvalue weighted by molar-refractivity contribution is 8.13. The number of thioether (sulfide) groups is 1. The predicted octanol–water partition coefficient (Wildman–Crippen LogP) is 4.48. The summed E-state index contributed by atoms with van der Waals surface area (Å²) in [5, 5.41) is 2.62. The van der Waals surface area contributed by atoms with Crippen LogP contribution in [-0.2, 0) is 12.4 Å². The van der Waals surface area contributed by atoms with E-state index in [0.717, 1.165) is 11.8 Å². The summed E-state index contributed by atoms with van der Waals surface area (Å²) in [7, 11) is 1.37. The van der Waals surface area contributed by atoms with Gasteiger partial charge in [-0.2, -0.15) is 26.3 Å². The molecule has 1 aromatic carbocycles. The Bertz CT molecular complexity index is 474. The normalized spacial score (nSPS) is 13.5. The van der Waals surface area contributed by atoms with Gasteiger partial charge in [-0.25, -0.2) is 0 Å². The number of amidine groups is 1. The predicted molar refractivity (Wildman–Crippen MR) is 66.9 cm³/mol. The second-order valence-corrected chi connectivity index (χ2v) is 4.45. The zero-order valence-corrected chi connectivity index (χ0v) is 11.2. The number of halogens is 6. The standard InChI is InChI=1S/C11H10F6N2S/c1-18-9(20-2)19-8-4-6(10(12,13)14)3-7(5-8)11(15,16)17/h3-5H,1-2H3,(H,18,19). The van der Waals surface area contributed by atoms with Gasteiger partial charge in [-0.3, -0.25) is 4.99 Å². The molecular weight excluding hydrogens is 306 g/mol. The molecular formula is C11H10F6N2S. The van der Waals surface area contributed by atoms with Crippen LogP contribution in [0.1, 0.15) is 11.1 Å². The number of hydrogen-bond donors (Lipinski definition) is 1. The molecule has 0 fully saturated rings. The number of anilines is 1. The van der Waals surface area contributed by atoms with E-state index in [2.05, 4.69) is 10.3 Å². The molecule has 1 rings (SSSR count). The molecule has 0 atom stereocenters. The minimum Gasteiger partial charge on any atom is -0.335 e. The van der Waals surface area contributed by atoms with Gasteiger partial charge >= 0.3 is 12.4 Å². The summed E-state index contributed by atoms with van der Waals surface area (Å²) in [6.45, 7) is 0. The van der Waals surface area contributed by atoms with Crippen molar-refractivity contribution in [3.05, 3.63) is 29.3 Å². The summed E-state index contributed by atoms with van der Waals surface area (Å²) in [6, 6.07) is 1.29. The van der Waals surface area contributed by atoms with Crippen molar-refractivity contribution in [1.29, 1.82) is 0 Å². The van der Waals surface area contributed by atoms with E-state index in [1.165, 1.54) is 7.05 Å². The minimum atomic E-state index is -4.86. The summed E-state index contributed by atoms with van der Waals surface area (Å²) >= 11 is 1.07. The van der Waals surface area contributed by atoms with E-state index in [1.807, 2.05) is 0 Å². The Morgan fingerprint density at radius 2 is 1.45 bits per heavy atom. The van der Waals surface area contributed by atoms with Gasteiger partial charge in [-0.15, -0.1) is 0 Å². The molecule has 0 spiro atoms. The summed E-state index contributed by atoms with van der Waals surface area (Å²) in [4.78, 5) is 3.69. The molecule has 0 aliphatic heterocycles. The lowest BCUT2D eigenvalue weighted by molar-refractivity contribution is -0.143. The molecule has 1 N–H and O–H groups in total. The Kier molecular flexibility index (Phi) is 4.95. The van der Waals surface area contributed by atoms with E-state index < -0.39 is 23.5 Å². The molecule has 0 aliphatic rings. The van der Waals surface area contributed by atoms with Crippen molar-refractivity contribution < 1.29 is 26.3 Å². The maximum atomic E-state index is 12.6. The molecule has 0 saturated heterocycles. The zero-order valence-electron chi connectivity index (χ0n) is 10.4. The van der Waals surface area contributed by atoms with Gasteiger partial charge in [-0.1, -0.05) is 11.8 Å². The van der Waals surface area contributed by atoms with E-state index in [0.29, 0.717) is 12.1 Å². The molecule has 0 heterocycles. The number of aliphatic imine (C=N–C) groups is 1. The second-order valence-electron chi connectivity index (χ2n) is 3.65. The van der Waals surface area contributed by atoms with E-state index in [1.54, 1.807) is 6.26 Å². The third-order valence-corrected chi connectivity index (χ3v) is 2.91. The van der Waals surface area contributed by atoms with Crippen LogP contribution in [0.25, 0.3) is 0 Å². The van der Waals surface area contributed by atoms with Crippen molar-refractivity contribution in [2.75, 3.05) is 18.6 Å². The maximum absolute atomic E-state index is 12.6. The number of nitrogens with zero attached hydrogens (tertiary/aromatic N) is 1. The summed E-state index contributed by atoms with van der Waals surface area (Å²) in [5.74, 6) is 0. The number of alkyl halides is 6. The third kappa shape index (κ3) is 4.32. The molecule has 0 bridgehead atoms. The number of hydrogen-bond acceptors (Lipinski definition) is 2. The van der Waals surface area contributed by atoms with Crippen LogP contribution in [0.4, 0.5) is 32.0 Å². The second kappa shape index (κ2) is 5.94. The molecule has 20 heavy (non-hydrogen) atoms. The largest absolute Gasteiger partial charge is 0.416 e. The molecule has 9 heteroatoms. The first-order valence-electron chi connectivity index (χ1n) is 5.15. The highest BCUT2D eigenvalue weighted by Crippen LogP contribution is 2.37. The number of benzene rings is 1. The molecule has 112 valence electrons. The fourth-order valence-electron chi connectivity index (χ4n) is 1.35. The monoisotopic (exact) mass is 316 g/mol. The first-order valence-corrected chi connectivity index (χ1v) is 6.37. The van der Waals surface area contributed by atoms with E-state index >= 15 is 0 Å². The van der Waals surface area contributed by atoms with Crippen molar-refractivity contribution in [3.8, 4) is 0 Å². The van der Waals surface area contributed by atoms with Crippen molar-refractivity contribution in [3.63, 3.8) is 0 Å². The Balaban J connectivity index is 3.31. The third-order valence-electron chi connectivity index (χ3n) is 2.24. The SMILES string of the molecule is CN=C(Nc1cc(C(F)(F)F)cc(C(F)(F)F)c1)SC. The quantitative estimate of drug-likeness (QED) is 0.469. The highest BCUT2D eigenvalue weighted by Gasteiger charge is 2.36. The first-order chi connectivity index (χ1) is 9.07. The average molecular weight is 316 g/mol. The van der Waals surface area contributed by atoms with Gasteiger partial charge in [0.2, 0.25) is 0 Å². The molecule has 0 saturated carbocycles. The first kappa shape index (κ1) is 16.7. The summed E-state index contributed by atoms with van der Waals surface area (Å²) < 4.78 is 75.6. The van der Waals surface area contributed by atoms with Crippen molar-refractivity contribution >= 4 is 22.6 Å². The van der Waals surface area contributed by atoms with Crippen LogP contribution in [0.15, 0.2) is 23.2 Å². The lowest BCUT2D eigenvalue weighted by Crippen LogP contribution is -2.14. The van der Waals surface area contributed by atoms with Crippen LogP contribution in [0.3, 0.4) is 0 Å². The zero-order chi connectivity index (χ0) is 15.6. The van der Waals surface area contributed by atoms with Gasteiger partial charge in [0.25, 0.3) is 0 Å². The van der Waals surface area contributed by atoms with E-state index in [9.17, 15) is 26.3 Å². The van der Waals surface area contributed by atoms with Crippen LogP contribution in [0.2, 0.25) is 0 Å². The van der Waals surface area contributed by atoms with Crippen molar-refractivity contribution in [1.82, 2.24) is 0 Å². The molecule has 0 amide bonds. The van der Waals surface area contributed by atoms with Gasteiger partial charge in [0.1, 0.15) is 0 Å². The Hall–Kier alpha value is -1.38. The number of nitrogens with one attached hydrogen (secondary N) is 1. The molecule has 2 nitrogen and oxygen atoms in total. The Morgan fingerprint density at radius 1 is 1.00 bits per heavy atom. The van der Waals surface area contributed by atoms with Gasteiger partial charge in [-0.05, 0) is 24.5 Å². The van der Waals surface area contributed by atoms with Gasteiger partial charge in [0.15, 0.2) is 5.17 Å². The molecule has 1 aromatic rings. The topological polar surface area (TPSA) is 24.4 Å². The fourth-order valence-corrected chi connectivity index (χ4v) is 1.75. The molecule has 0 unspecified atom stereocenters. The van der Waals surface area contributed by atoms with Crippen LogP contribution in [-0.4, -0.2) is 18.5 Å². The van der Waals surface area contributed by atoms with Gasteiger partial charge in [0.05, 0.1) is 11.1 Å². The highest BCUT2D eigenvalue weighted by atomic mass is 32.2. The van der Waals surface area contributed by atoms with E-state index in [-0.39, 0.29) is 16.9 Å². The molecule has 0 radical (unpaired) electrons. The van der Waals surface area contributed by atoms with Crippen LogP contribution >= 0.6 is 11.8 Å². The maximum Gasteiger partial charge on any atom is 0.416 e.